The Morgan fingerprint density at radius 3 is 2.61 bits per heavy atom. The predicted octanol–water partition coefficient (Wildman–Crippen LogP) is 1.20. The molecule has 2 N–H and O–H groups in total. The molecule has 0 unspecified atom stereocenters. The number of methoxy groups -OCH3 is 2. The largest absolute Gasteiger partial charge is 0.475 e. The molecule has 23 heavy (non-hydrogen) atoms. The van der Waals surface area contributed by atoms with Gasteiger partial charge in [0.2, 0.25) is 5.88 Å². The molecule has 1 heterocycles. The number of aromatic nitrogens is 1. The summed E-state index contributed by atoms with van der Waals surface area (Å²) in [6.45, 7) is 6.03. The molecule has 1 rings (SSSR count). The van der Waals surface area contributed by atoms with Crippen LogP contribution in [0.3, 0.4) is 0 Å². The van der Waals surface area contributed by atoms with Crippen LogP contribution in [0.2, 0.25) is 0 Å². The fraction of sp³-hybridized carbons (Fsp3) is 0.625. The van der Waals surface area contributed by atoms with Crippen molar-refractivity contribution in [2.45, 2.75) is 19.9 Å². The molecular formula is C16H28N4O3. The molecule has 0 saturated heterocycles. The van der Waals surface area contributed by atoms with Crippen molar-refractivity contribution in [1.29, 1.82) is 0 Å². The number of rotatable bonds is 11. The summed E-state index contributed by atoms with van der Waals surface area (Å²) in [6.07, 6.45) is 2.72. The number of nitrogens with zero attached hydrogens (tertiary/aromatic N) is 2. The van der Waals surface area contributed by atoms with Gasteiger partial charge in [-0.25, -0.2) is 9.98 Å². The Morgan fingerprint density at radius 1 is 1.13 bits per heavy atom. The lowest BCUT2D eigenvalue weighted by Crippen LogP contribution is -2.38. The second-order valence-corrected chi connectivity index (χ2v) is 4.81. The monoisotopic (exact) mass is 324 g/mol. The van der Waals surface area contributed by atoms with Gasteiger partial charge in [-0.15, -0.1) is 0 Å². The van der Waals surface area contributed by atoms with Crippen LogP contribution >= 0.6 is 0 Å². The van der Waals surface area contributed by atoms with E-state index in [1.807, 2.05) is 19.1 Å². The number of pyridine rings is 1. The fourth-order valence-corrected chi connectivity index (χ4v) is 1.75. The highest BCUT2D eigenvalue weighted by Crippen LogP contribution is 2.08. The van der Waals surface area contributed by atoms with Crippen molar-refractivity contribution in [3.63, 3.8) is 0 Å². The quantitative estimate of drug-likeness (QED) is 0.362. The molecule has 0 radical (unpaired) electrons. The zero-order valence-electron chi connectivity index (χ0n) is 14.3. The fourth-order valence-electron chi connectivity index (χ4n) is 1.75. The first-order valence-electron chi connectivity index (χ1n) is 7.88. The van der Waals surface area contributed by atoms with Gasteiger partial charge in [0, 0.05) is 46.2 Å². The minimum absolute atomic E-state index is 0.497. The third-order valence-corrected chi connectivity index (χ3v) is 2.92. The van der Waals surface area contributed by atoms with Crippen molar-refractivity contribution in [3.05, 3.63) is 23.9 Å². The van der Waals surface area contributed by atoms with Gasteiger partial charge in [0.1, 0.15) is 6.61 Å². The second-order valence-electron chi connectivity index (χ2n) is 4.81. The summed E-state index contributed by atoms with van der Waals surface area (Å²) in [5, 5.41) is 6.49. The van der Waals surface area contributed by atoms with Gasteiger partial charge in [-0.05, 0) is 18.9 Å². The summed E-state index contributed by atoms with van der Waals surface area (Å²) in [7, 11) is 3.35. The van der Waals surface area contributed by atoms with Gasteiger partial charge < -0.3 is 24.8 Å². The van der Waals surface area contributed by atoms with E-state index in [1.165, 1.54) is 0 Å². The number of hydrogen-bond acceptors (Lipinski definition) is 5. The molecule has 0 aliphatic rings. The smallest absolute Gasteiger partial charge is 0.213 e. The Kier molecular flexibility index (Phi) is 10.6. The number of aliphatic imine (C=N–C) groups is 1. The van der Waals surface area contributed by atoms with Crippen molar-refractivity contribution in [2.24, 2.45) is 4.99 Å². The van der Waals surface area contributed by atoms with Crippen LogP contribution in [0.15, 0.2) is 23.3 Å². The van der Waals surface area contributed by atoms with Gasteiger partial charge in [0.15, 0.2) is 5.96 Å². The molecule has 7 heteroatoms. The Labute approximate surface area is 138 Å². The lowest BCUT2D eigenvalue weighted by Gasteiger charge is -2.11. The summed E-state index contributed by atoms with van der Waals surface area (Å²) >= 11 is 0. The van der Waals surface area contributed by atoms with Crippen LogP contribution in [0.1, 0.15) is 18.9 Å². The van der Waals surface area contributed by atoms with Gasteiger partial charge in [0.25, 0.3) is 0 Å². The molecule has 0 spiro atoms. The van der Waals surface area contributed by atoms with Gasteiger partial charge in [-0.2, -0.15) is 0 Å². The minimum atomic E-state index is 0.497. The van der Waals surface area contributed by atoms with Crippen molar-refractivity contribution in [1.82, 2.24) is 15.6 Å². The highest BCUT2D eigenvalue weighted by molar-refractivity contribution is 5.79. The third-order valence-electron chi connectivity index (χ3n) is 2.92. The Morgan fingerprint density at radius 2 is 1.96 bits per heavy atom. The van der Waals surface area contributed by atoms with E-state index in [0.717, 1.165) is 37.6 Å². The Hall–Kier alpha value is -1.86. The summed E-state index contributed by atoms with van der Waals surface area (Å²) in [6, 6.07) is 3.81. The molecule has 0 amide bonds. The van der Waals surface area contributed by atoms with E-state index in [4.69, 9.17) is 14.2 Å². The number of ether oxygens (including phenoxy) is 3. The standard InChI is InChI=1S/C16H28N4O3/c1-4-17-16(18-8-5-9-21-2)20-13-14-6-7-15(19-12-14)23-11-10-22-3/h6-7,12H,4-5,8-11,13H2,1-3H3,(H2,17,18,20). The molecule has 0 aliphatic carbocycles. The highest BCUT2D eigenvalue weighted by Gasteiger charge is 1.99. The van der Waals surface area contributed by atoms with E-state index in [9.17, 15) is 0 Å². The summed E-state index contributed by atoms with van der Waals surface area (Å²) in [5.41, 5.74) is 1.03. The molecule has 7 nitrogen and oxygen atoms in total. The number of hydrogen-bond donors (Lipinski definition) is 2. The maximum absolute atomic E-state index is 5.43. The van der Waals surface area contributed by atoms with Crippen molar-refractivity contribution in [3.8, 4) is 5.88 Å². The molecule has 0 fully saturated rings. The average Bonchev–Trinajstić information content (AvgIpc) is 2.58. The van der Waals surface area contributed by atoms with Crippen LogP contribution in [0.25, 0.3) is 0 Å². The second kappa shape index (κ2) is 12.7. The minimum Gasteiger partial charge on any atom is -0.475 e. The molecule has 0 saturated carbocycles. The summed E-state index contributed by atoms with van der Waals surface area (Å²) in [5.74, 6) is 1.39. The Balaban J connectivity index is 2.44. The van der Waals surface area contributed by atoms with Crippen molar-refractivity contribution >= 4 is 5.96 Å². The predicted molar refractivity (Wildman–Crippen MR) is 90.9 cm³/mol. The molecule has 1 aromatic rings. The van der Waals surface area contributed by atoms with E-state index in [2.05, 4.69) is 20.6 Å². The molecule has 0 bridgehead atoms. The zero-order valence-corrected chi connectivity index (χ0v) is 14.3. The van der Waals surface area contributed by atoms with Crippen LogP contribution < -0.4 is 15.4 Å². The van der Waals surface area contributed by atoms with Crippen molar-refractivity contribution in [2.75, 3.05) is 47.1 Å². The van der Waals surface area contributed by atoms with E-state index < -0.39 is 0 Å². The molecule has 0 aromatic carbocycles. The molecular weight excluding hydrogens is 296 g/mol. The van der Waals surface area contributed by atoms with Crippen LogP contribution in [0.5, 0.6) is 5.88 Å². The molecule has 130 valence electrons. The first-order valence-corrected chi connectivity index (χ1v) is 7.88. The normalized spacial score (nSPS) is 11.3. The molecule has 1 aromatic heterocycles. The third kappa shape index (κ3) is 9.00. The lowest BCUT2D eigenvalue weighted by molar-refractivity contribution is 0.143. The summed E-state index contributed by atoms with van der Waals surface area (Å²) < 4.78 is 15.4. The molecule has 0 atom stereocenters. The average molecular weight is 324 g/mol. The summed E-state index contributed by atoms with van der Waals surface area (Å²) in [4.78, 5) is 8.80. The topological polar surface area (TPSA) is 77.0 Å². The van der Waals surface area contributed by atoms with Gasteiger partial charge >= 0.3 is 0 Å². The highest BCUT2D eigenvalue weighted by atomic mass is 16.5. The van der Waals surface area contributed by atoms with E-state index in [1.54, 1.807) is 20.4 Å². The van der Waals surface area contributed by atoms with Gasteiger partial charge in [-0.3, -0.25) is 0 Å². The van der Waals surface area contributed by atoms with Gasteiger partial charge in [0.05, 0.1) is 13.2 Å². The molecule has 0 aliphatic heterocycles. The van der Waals surface area contributed by atoms with Crippen LogP contribution in [-0.4, -0.2) is 58.1 Å². The maximum atomic E-state index is 5.43. The van der Waals surface area contributed by atoms with E-state index >= 15 is 0 Å². The van der Waals surface area contributed by atoms with E-state index in [-0.39, 0.29) is 0 Å². The van der Waals surface area contributed by atoms with Crippen LogP contribution in [-0.2, 0) is 16.0 Å². The first kappa shape index (κ1) is 19.2. The SMILES string of the molecule is CCNC(=NCc1ccc(OCCOC)nc1)NCCCOC. The lowest BCUT2D eigenvalue weighted by atomic mass is 10.3. The zero-order chi connectivity index (χ0) is 16.8. The van der Waals surface area contributed by atoms with Gasteiger partial charge in [-0.1, -0.05) is 6.07 Å². The Bertz CT molecular complexity index is 437. The van der Waals surface area contributed by atoms with E-state index in [0.29, 0.717) is 25.6 Å². The van der Waals surface area contributed by atoms with Crippen LogP contribution in [0, 0.1) is 0 Å². The number of guanidine groups is 1. The van der Waals surface area contributed by atoms with Crippen molar-refractivity contribution < 1.29 is 14.2 Å². The van der Waals surface area contributed by atoms with Crippen LogP contribution in [0.4, 0.5) is 0 Å². The maximum Gasteiger partial charge on any atom is 0.213 e. The first-order chi connectivity index (χ1) is 11.3. The number of nitrogens with one attached hydrogen (secondary N) is 2.